The summed E-state index contributed by atoms with van der Waals surface area (Å²) in [5.41, 5.74) is 1.26. The van der Waals surface area contributed by atoms with Crippen molar-refractivity contribution in [3.8, 4) is 5.75 Å². The molecule has 1 aromatic carbocycles. The van der Waals surface area contributed by atoms with Crippen LogP contribution in [-0.2, 0) is 4.74 Å². The van der Waals surface area contributed by atoms with Gasteiger partial charge in [0.15, 0.2) is 0 Å². The lowest BCUT2D eigenvalue weighted by Gasteiger charge is -2.23. The minimum atomic E-state index is 0.391. The Bertz CT molecular complexity index is 341. The average Bonchev–Trinajstić information content (AvgIpc) is 2.39. The third-order valence-corrected chi connectivity index (χ3v) is 3.23. The van der Waals surface area contributed by atoms with Crippen molar-refractivity contribution in [2.24, 2.45) is 0 Å². The lowest BCUT2D eigenvalue weighted by Crippen LogP contribution is -2.33. The average molecular weight is 251 g/mol. The summed E-state index contributed by atoms with van der Waals surface area (Å²) >= 11 is 0. The number of methoxy groups -OCH3 is 1. The molecule has 1 rings (SSSR count). The maximum atomic E-state index is 5.68. The Morgan fingerprint density at radius 1 is 1.22 bits per heavy atom. The quantitative estimate of drug-likeness (QED) is 0.721. The molecule has 3 nitrogen and oxygen atoms in total. The number of benzene rings is 1. The molecule has 1 aromatic rings. The largest absolute Gasteiger partial charge is 0.494 e. The van der Waals surface area contributed by atoms with E-state index in [0.29, 0.717) is 18.6 Å². The number of nitrogens with one attached hydrogen (secondary N) is 1. The van der Waals surface area contributed by atoms with Gasteiger partial charge < -0.3 is 14.8 Å². The van der Waals surface area contributed by atoms with Crippen LogP contribution in [0.4, 0.5) is 0 Å². The molecule has 0 aliphatic rings. The molecule has 0 saturated heterocycles. The molecule has 2 unspecified atom stereocenters. The Morgan fingerprint density at radius 2 is 1.94 bits per heavy atom. The first-order valence-electron chi connectivity index (χ1n) is 6.64. The molecule has 0 aromatic heterocycles. The predicted molar refractivity (Wildman–Crippen MR) is 75.4 cm³/mol. The lowest BCUT2D eigenvalue weighted by molar-refractivity contribution is 0.195. The third-order valence-electron chi connectivity index (χ3n) is 3.23. The minimum Gasteiger partial charge on any atom is -0.494 e. The van der Waals surface area contributed by atoms with Crippen LogP contribution in [-0.4, -0.2) is 32.9 Å². The number of rotatable bonds is 8. The van der Waals surface area contributed by atoms with Crippen molar-refractivity contribution in [2.75, 3.05) is 26.9 Å². The zero-order chi connectivity index (χ0) is 13.4. The summed E-state index contributed by atoms with van der Waals surface area (Å²) in [6.45, 7) is 8.76. The SMILES string of the molecule is CCOc1ccccc1C(C)C(C)NCCOC. The van der Waals surface area contributed by atoms with Gasteiger partial charge in [-0.1, -0.05) is 25.1 Å². The highest BCUT2D eigenvalue weighted by molar-refractivity contribution is 5.36. The molecule has 0 radical (unpaired) electrons. The molecule has 0 fully saturated rings. The molecule has 102 valence electrons. The Labute approximate surface area is 110 Å². The zero-order valence-electron chi connectivity index (χ0n) is 11.9. The van der Waals surface area contributed by atoms with Gasteiger partial charge in [0.05, 0.1) is 13.2 Å². The normalized spacial score (nSPS) is 14.2. The summed E-state index contributed by atoms with van der Waals surface area (Å²) in [5, 5.41) is 3.47. The predicted octanol–water partition coefficient (Wildman–Crippen LogP) is 2.81. The van der Waals surface area contributed by atoms with E-state index in [0.717, 1.165) is 18.9 Å². The molecule has 0 amide bonds. The number of para-hydroxylation sites is 1. The van der Waals surface area contributed by atoms with Gasteiger partial charge >= 0.3 is 0 Å². The van der Waals surface area contributed by atoms with Gasteiger partial charge in [0.25, 0.3) is 0 Å². The summed E-state index contributed by atoms with van der Waals surface area (Å²) in [7, 11) is 1.72. The molecule has 0 aliphatic carbocycles. The second-order valence-corrected chi connectivity index (χ2v) is 4.50. The van der Waals surface area contributed by atoms with E-state index in [-0.39, 0.29) is 0 Å². The molecular formula is C15H25NO2. The van der Waals surface area contributed by atoms with Crippen molar-refractivity contribution in [1.29, 1.82) is 0 Å². The van der Waals surface area contributed by atoms with E-state index in [9.17, 15) is 0 Å². The molecule has 1 N–H and O–H groups in total. The first-order chi connectivity index (χ1) is 8.70. The van der Waals surface area contributed by atoms with E-state index in [4.69, 9.17) is 9.47 Å². The maximum Gasteiger partial charge on any atom is 0.122 e. The van der Waals surface area contributed by atoms with Crippen molar-refractivity contribution >= 4 is 0 Å². The molecule has 0 spiro atoms. The minimum absolute atomic E-state index is 0.391. The van der Waals surface area contributed by atoms with Crippen LogP contribution in [0.15, 0.2) is 24.3 Å². The molecule has 18 heavy (non-hydrogen) atoms. The van der Waals surface area contributed by atoms with Gasteiger partial charge in [0.2, 0.25) is 0 Å². The monoisotopic (exact) mass is 251 g/mol. The van der Waals surface area contributed by atoms with Crippen LogP contribution in [0.2, 0.25) is 0 Å². The highest BCUT2D eigenvalue weighted by atomic mass is 16.5. The van der Waals surface area contributed by atoms with Crippen LogP contribution in [0.3, 0.4) is 0 Å². The smallest absolute Gasteiger partial charge is 0.122 e. The van der Waals surface area contributed by atoms with Crippen molar-refractivity contribution in [1.82, 2.24) is 5.32 Å². The van der Waals surface area contributed by atoms with Crippen molar-refractivity contribution in [2.45, 2.75) is 32.7 Å². The number of ether oxygens (including phenoxy) is 2. The van der Waals surface area contributed by atoms with Crippen LogP contribution < -0.4 is 10.1 Å². The molecule has 0 bridgehead atoms. The highest BCUT2D eigenvalue weighted by Crippen LogP contribution is 2.28. The van der Waals surface area contributed by atoms with Crippen LogP contribution in [0.5, 0.6) is 5.75 Å². The van der Waals surface area contributed by atoms with E-state index in [1.165, 1.54) is 5.56 Å². The summed E-state index contributed by atoms with van der Waals surface area (Å²) in [4.78, 5) is 0. The van der Waals surface area contributed by atoms with Crippen LogP contribution >= 0.6 is 0 Å². The van der Waals surface area contributed by atoms with Gasteiger partial charge in [-0.2, -0.15) is 0 Å². The lowest BCUT2D eigenvalue weighted by atomic mass is 9.93. The van der Waals surface area contributed by atoms with E-state index in [1.54, 1.807) is 7.11 Å². The van der Waals surface area contributed by atoms with Crippen LogP contribution in [0, 0.1) is 0 Å². The molecule has 0 aliphatic heterocycles. The summed E-state index contributed by atoms with van der Waals surface area (Å²) in [6, 6.07) is 8.66. The van der Waals surface area contributed by atoms with Gasteiger partial charge in [0.1, 0.15) is 5.75 Å². The second kappa shape index (κ2) is 8.11. The zero-order valence-corrected chi connectivity index (χ0v) is 11.9. The molecule has 3 heteroatoms. The Kier molecular flexibility index (Phi) is 6.76. The molecular weight excluding hydrogens is 226 g/mol. The topological polar surface area (TPSA) is 30.5 Å². The summed E-state index contributed by atoms with van der Waals surface area (Å²) in [5.74, 6) is 1.40. The Hall–Kier alpha value is -1.06. The molecule has 0 heterocycles. The molecule has 0 saturated carbocycles. The van der Waals surface area contributed by atoms with Crippen molar-refractivity contribution < 1.29 is 9.47 Å². The van der Waals surface area contributed by atoms with Gasteiger partial charge in [-0.25, -0.2) is 0 Å². The number of hydrogen-bond acceptors (Lipinski definition) is 3. The van der Waals surface area contributed by atoms with E-state index in [1.807, 2.05) is 19.1 Å². The molecule has 2 atom stereocenters. The van der Waals surface area contributed by atoms with E-state index in [2.05, 4.69) is 31.3 Å². The van der Waals surface area contributed by atoms with Crippen LogP contribution in [0.25, 0.3) is 0 Å². The standard InChI is InChI=1S/C15H25NO2/c1-5-18-15-9-7-6-8-14(15)12(2)13(3)16-10-11-17-4/h6-9,12-13,16H,5,10-11H2,1-4H3. The van der Waals surface area contributed by atoms with Gasteiger partial charge in [-0.3, -0.25) is 0 Å². The summed E-state index contributed by atoms with van der Waals surface area (Å²) < 4.78 is 10.7. The van der Waals surface area contributed by atoms with Gasteiger partial charge in [-0.15, -0.1) is 0 Å². The highest BCUT2D eigenvalue weighted by Gasteiger charge is 2.17. The first-order valence-corrected chi connectivity index (χ1v) is 6.64. The van der Waals surface area contributed by atoms with Crippen molar-refractivity contribution in [3.05, 3.63) is 29.8 Å². The van der Waals surface area contributed by atoms with Gasteiger partial charge in [0, 0.05) is 19.7 Å². The fourth-order valence-electron chi connectivity index (χ4n) is 1.98. The second-order valence-electron chi connectivity index (χ2n) is 4.50. The van der Waals surface area contributed by atoms with E-state index >= 15 is 0 Å². The van der Waals surface area contributed by atoms with Gasteiger partial charge in [-0.05, 0) is 31.4 Å². The Balaban J connectivity index is 2.66. The first kappa shape index (κ1) is 15.0. The van der Waals surface area contributed by atoms with E-state index < -0.39 is 0 Å². The van der Waals surface area contributed by atoms with Crippen LogP contribution in [0.1, 0.15) is 32.3 Å². The fourth-order valence-corrected chi connectivity index (χ4v) is 1.98. The number of hydrogen-bond donors (Lipinski definition) is 1. The van der Waals surface area contributed by atoms with Crippen molar-refractivity contribution in [3.63, 3.8) is 0 Å². The summed E-state index contributed by atoms with van der Waals surface area (Å²) in [6.07, 6.45) is 0. The maximum absolute atomic E-state index is 5.68. The Morgan fingerprint density at radius 3 is 2.61 bits per heavy atom. The fraction of sp³-hybridized carbons (Fsp3) is 0.600. The third kappa shape index (κ3) is 4.31.